The van der Waals surface area contributed by atoms with Crippen LogP contribution in [0.25, 0.3) is 0 Å². The number of ether oxygens (including phenoxy) is 2. The second-order valence-corrected chi connectivity index (χ2v) is 13.7. The number of benzene rings is 1. The molecule has 0 radical (unpaired) electrons. The standard InChI is InChI=1S/C32H47NO4/c1-22-3-7-29(8-4-22)33-15-2-16-34-30-9-5-25(6-10-30)26-11-13-31(14-12-26)35-32(37-36-31)27-18-23-17-24(20-27)21-28(32)19-23/h5-6,9-10,22-24,26-29,33H,2-4,7-8,11-21H2,1H3. The van der Waals surface area contributed by atoms with Crippen molar-refractivity contribution in [3.63, 3.8) is 0 Å². The summed E-state index contributed by atoms with van der Waals surface area (Å²) in [4.78, 5) is 12.3. The number of nitrogens with one attached hydrogen (secondary N) is 1. The van der Waals surface area contributed by atoms with E-state index in [-0.39, 0.29) is 0 Å². The molecule has 6 aliphatic carbocycles. The fourth-order valence-electron chi connectivity index (χ4n) is 9.05. The molecule has 0 amide bonds. The maximum atomic E-state index is 6.90. The first kappa shape index (κ1) is 24.9. The van der Waals surface area contributed by atoms with Crippen LogP contribution in [0.15, 0.2) is 24.3 Å². The van der Waals surface area contributed by atoms with Crippen molar-refractivity contribution < 1.29 is 19.2 Å². The Kier molecular flexibility index (Phi) is 6.80. The first-order valence-electron chi connectivity index (χ1n) is 15.6. The van der Waals surface area contributed by atoms with Crippen LogP contribution >= 0.6 is 0 Å². The van der Waals surface area contributed by atoms with Crippen molar-refractivity contribution in [1.82, 2.24) is 5.32 Å². The third kappa shape index (κ3) is 4.88. The molecule has 1 saturated heterocycles. The molecular formula is C32H47NO4. The first-order valence-corrected chi connectivity index (χ1v) is 15.6. The highest BCUT2D eigenvalue weighted by atomic mass is 17.3. The molecule has 5 nitrogen and oxygen atoms in total. The Balaban J connectivity index is 0.862. The molecule has 1 aromatic carbocycles. The van der Waals surface area contributed by atoms with Gasteiger partial charge in [-0.05, 0) is 125 Å². The quantitative estimate of drug-likeness (QED) is 0.314. The molecule has 4 bridgehead atoms. The van der Waals surface area contributed by atoms with Gasteiger partial charge in [0, 0.05) is 30.7 Å². The van der Waals surface area contributed by atoms with Crippen LogP contribution in [0.4, 0.5) is 0 Å². The van der Waals surface area contributed by atoms with E-state index < -0.39 is 11.6 Å². The lowest BCUT2D eigenvalue weighted by Gasteiger charge is -2.57. The van der Waals surface area contributed by atoms with Crippen molar-refractivity contribution >= 4 is 0 Å². The third-order valence-corrected chi connectivity index (χ3v) is 11.1. The van der Waals surface area contributed by atoms with Crippen molar-refractivity contribution in [2.45, 2.75) is 120 Å². The van der Waals surface area contributed by atoms with E-state index >= 15 is 0 Å². The molecule has 7 fully saturated rings. The summed E-state index contributed by atoms with van der Waals surface area (Å²) in [5, 5.41) is 3.73. The van der Waals surface area contributed by atoms with Gasteiger partial charge < -0.3 is 14.8 Å². The lowest BCUT2D eigenvalue weighted by molar-refractivity contribution is -0.390. The fraction of sp³-hybridized carbons (Fsp3) is 0.812. The van der Waals surface area contributed by atoms with E-state index in [4.69, 9.17) is 19.2 Å². The van der Waals surface area contributed by atoms with Crippen molar-refractivity contribution in [1.29, 1.82) is 0 Å². The maximum absolute atomic E-state index is 6.90. The number of hydrogen-bond acceptors (Lipinski definition) is 5. The van der Waals surface area contributed by atoms with Crippen molar-refractivity contribution in [2.75, 3.05) is 13.2 Å². The average molecular weight is 510 g/mol. The van der Waals surface area contributed by atoms with Crippen LogP contribution in [-0.4, -0.2) is 30.8 Å². The largest absolute Gasteiger partial charge is 0.494 e. The van der Waals surface area contributed by atoms with Crippen molar-refractivity contribution in [3.8, 4) is 5.75 Å². The van der Waals surface area contributed by atoms with E-state index in [1.807, 2.05) is 0 Å². The summed E-state index contributed by atoms with van der Waals surface area (Å²) in [7, 11) is 0. The Labute approximate surface area is 223 Å². The SMILES string of the molecule is CC1CCC(NCCCOc2ccc(C3CCC4(CC3)OOC3(O4)C4CC5CC(C4)CC3C5)cc2)CC1. The second kappa shape index (κ2) is 10.1. The summed E-state index contributed by atoms with van der Waals surface area (Å²) in [6.45, 7) is 4.21. The van der Waals surface area contributed by atoms with Gasteiger partial charge in [0.2, 0.25) is 11.6 Å². The van der Waals surface area contributed by atoms with Gasteiger partial charge in [0.15, 0.2) is 0 Å². The summed E-state index contributed by atoms with van der Waals surface area (Å²) >= 11 is 0. The molecule has 0 unspecified atom stereocenters. The van der Waals surface area contributed by atoms with Crippen LogP contribution in [0.3, 0.4) is 0 Å². The number of rotatable bonds is 7. The van der Waals surface area contributed by atoms with E-state index in [0.29, 0.717) is 17.8 Å². The summed E-state index contributed by atoms with van der Waals surface area (Å²) in [6.07, 6.45) is 17.1. The topological polar surface area (TPSA) is 49.0 Å². The van der Waals surface area contributed by atoms with Crippen LogP contribution < -0.4 is 10.1 Å². The van der Waals surface area contributed by atoms with Gasteiger partial charge in [-0.15, -0.1) is 0 Å². The van der Waals surface area contributed by atoms with Gasteiger partial charge in [0.1, 0.15) is 5.75 Å². The van der Waals surface area contributed by atoms with Crippen molar-refractivity contribution in [2.24, 2.45) is 29.6 Å². The number of hydrogen-bond donors (Lipinski definition) is 1. The zero-order valence-corrected chi connectivity index (χ0v) is 22.8. The predicted molar refractivity (Wildman–Crippen MR) is 143 cm³/mol. The molecule has 204 valence electrons. The smallest absolute Gasteiger partial charge is 0.210 e. The molecule has 0 atom stereocenters. The van der Waals surface area contributed by atoms with Crippen LogP contribution in [0.2, 0.25) is 0 Å². The van der Waals surface area contributed by atoms with Crippen LogP contribution in [0, 0.1) is 29.6 Å². The highest BCUT2D eigenvalue weighted by Crippen LogP contribution is 2.64. The Bertz CT molecular complexity index is 887. The molecule has 1 heterocycles. The van der Waals surface area contributed by atoms with Gasteiger partial charge in [0.05, 0.1) is 6.61 Å². The minimum atomic E-state index is -0.515. The van der Waals surface area contributed by atoms with Crippen LogP contribution in [0.5, 0.6) is 5.75 Å². The molecule has 2 spiro atoms. The molecule has 1 aromatic rings. The van der Waals surface area contributed by atoms with E-state index in [9.17, 15) is 0 Å². The van der Waals surface area contributed by atoms with E-state index in [1.165, 1.54) is 63.4 Å². The van der Waals surface area contributed by atoms with Crippen LogP contribution in [0.1, 0.15) is 108 Å². The molecule has 6 saturated carbocycles. The minimum absolute atomic E-state index is 0.441. The molecule has 5 heteroatoms. The highest BCUT2D eigenvalue weighted by molar-refractivity contribution is 5.30. The monoisotopic (exact) mass is 509 g/mol. The lowest BCUT2D eigenvalue weighted by atomic mass is 9.53. The molecule has 0 aromatic heterocycles. The summed E-state index contributed by atoms with van der Waals surface area (Å²) in [6, 6.07) is 9.57. The Morgan fingerprint density at radius 3 is 2.19 bits per heavy atom. The van der Waals surface area contributed by atoms with Gasteiger partial charge in [-0.3, -0.25) is 0 Å². The Hall–Kier alpha value is -1.14. The third-order valence-electron chi connectivity index (χ3n) is 11.1. The van der Waals surface area contributed by atoms with E-state index in [1.54, 1.807) is 0 Å². The van der Waals surface area contributed by atoms with Crippen LogP contribution in [-0.2, 0) is 14.5 Å². The Morgan fingerprint density at radius 1 is 0.838 bits per heavy atom. The molecular weight excluding hydrogens is 462 g/mol. The molecule has 37 heavy (non-hydrogen) atoms. The highest BCUT2D eigenvalue weighted by Gasteiger charge is 2.66. The fourth-order valence-corrected chi connectivity index (χ4v) is 9.05. The van der Waals surface area contributed by atoms with Gasteiger partial charge >= 0.3 is 0 Å². The zero-order chi connectivity index (χ0) is 24.9. The Morgan fingerprint density at radius 2 is 1.51 bits per heavy atom. The summed E-state index contributed by atoms with van der Waals surface area (Å²) in [5.74, 6) is 4.40. The minimum Gasteiger partial charge on any atom is -0.494 e. The van der Waals surface area contributed by atoms with Gasteiger partial charge in [-0.25, -0.2) is 0 Å². The summed E-state index contributed by atoms with van der Waals surface area (Å²) < 4.78 is 12.9. The molecule has 8 rings (SSSR count). The van der Waals surface area contributed by atoms with E-state index in [0.717, 1.165) is 74.8 Å². The summed E-state index contributed by atoms with van der Waals surface area (Å²) in [5.41, 5.74) is 1.42. The maximum Gasteiger partial charge on any atom is 0.210 e. The zero-order valence-electron chi connectivity index (χ0n) is 22.8. The normalized spacial score (nSPS) is 44.6. The molecule has 1 N–H and O–H groups in total. The van der Waals surface area contributed by atoms with Gasteiger partial charge in [-0.2, -0.15) is 9.78 Å². The second-order valence-electron chi connectivity index (χ2n) is 13.7. The predicted octanol–water partition coefficient (Wildman–Crippen LogP) is 7.11. The molecule has 1 aliphatic heterocycles. The van der Waals surface area contributed by atoms with E-state index in [2.05, 4.69) is 36.5 Å². The lowest BCUT2D eigenvalue weighted by Crippen LogP contribution is -2.59. The van der Waals surface area contributed by atoms with Gasteiger partial charge in [-0.1, -0.05) is 19.1 Å². The average Bonchev–Trinajstić information content (AvgIpc) is 3.28. The van der Waals surface area contributed by atoms with Crippen molar-refractivity contribution in [3.05, 3.63) is 29.8 Å². The first-order chi connectivity index (χ1) is 18.1. The molecule has 7 aliphatic rings. The van der Waals surface area contributed by atoms with Gasteiger partial charge in [0.25, 0.3) is 0 Å².